The van der Waals surface area contributed by atoms with Gasteiger partial charge in [-0.2, -0.15) is 0 Å². The van der Waals surface area contributed by atoms with E-state index in [1.165, 1.54) is 12.0 Å². The number of benzene rings is 2. The summed E-state index contributed by atoms with van der Waals surface area (Å²) in [6, 6.07) is 12.4. The van der Waals surface area contributed by atoms with Crippen LogP contribution in [-0.4, -0.2) is 169 Å². The number of carboxylic acid groups (broad SMARTS) is 1. The highest BCUT2D eigenvalue weighted by atomic mass is 32.2. The number of rotatable bonds is 19. The van der Waals surface area contributed by atoms with Gasteiger partial charge in [0.15, 0.2) is 0 Å². The first-order chi connectivity index (χ1) is 34.6. The molecule has 2 saturated heterocycles. The van der Waals surface area contributed by atoms with Gasteiger partial charge in [0.1, 0.15) is 22.0 Å². The van der Waals surface area contributed by atoms with Gasteiger partial charge < -0.3 is 29.7 Å². The number of ether oxygens (including phenoxy) is 2. The molecular formula is C54H83N7O9S2. The molecule has 3 aliphatic rings. The molecule has 2 aromatic carbocycles. The lowest BCUT2D eigenvalue weighted by molar-refractivity contribution is -0.137. The molecule has 2 atom stereocenters. The van der Waals surface area contributed by atoms with Crippen LogP contribution < -0.4 is 5.32 Å². The molecule has 400 valence electrons. The Kier molecular flexibility index (Phi) is 23.4. The minimum atomic E-state index is -1.18. The van der Waals surface area contributed by atoms with Crippen LogP contribution in [0.15, 0.2) is 36.4 Å². The van der Waals surface area contributed by atoms with Crippen LogP contribution in [0.5, 0.6) is 0 Å². The van der Waals surface area contributed by atoms with E-state index in [2.05, 4.69) is 35.9 Å². The van der Waals surface area contributed by atoms with Gasteiger partial charge in [-0.15, -0.1) is 0 Å². The molecule has 0 radical (unpaired) electrons. The molecule has 0 aliphatic carbocycles. The van der Waals surface area contributed by atoms with Crippen molar-refractivity contribution in [1.29, 1.82) is 0 Å². The average Bonchev–Trinajstić information content (AvgIpc) is 3.74. The van der Waals surface area contributed by atoms with Gasteiger partial charge in [0.25, 0.3) is 11.8 Å². The highest BCUT2D eigenvalue weighted by Gasteiger charge is 2.30. The molecule has 2 unspecified atom stereocenters. The van der Waals surface area contributed by atoms with Crippen molar-refractivity contribution in [3.8, 4) is 0 Å². The van der Waals surface area contributed by atoms with Gasteiger partial charge in [0, 0.05) is 156 Å². The van der Waals surface area contributed by atoms with E-state index in [1.54, 1.807) is 37.0 Å². The van der Waals surface area contributed by atoms with Gasteiger partial charge in [-0.05, 0) is 106 Å². The molecule has 7 rings (SSSR count). The third-order valence-corrected chi connectivity index (χ3v) is 16.7. The summed E-state index contributed by atoms with van der Waals surface area (Å²) in [7, 11) is 2.77. The predicted octanol–water partition coefficient (Wildman–Crippen LogP) is 7.19. The van der Waals surface area contributed by atoms with E-state index in [0.717, 1.165) is 130 Å². The molecule has 0 spiro atoms. The predicted molar refractivity (Wildman–Crippen MR) is 290 cm³/mol. The summed E-state index contributed by atoms with van der Waals surface area (Å²) < 4.78 is 41.1. The highest BCUT2D eigenvalue weighted by Crippen LogP contribution is 2.34. The number of aliphatic carboxylic acids is 1. The second kappa shape index (κ2) is 28.8. The molecule has 3 aliphatic heterocycles. The fourth-order valence-electron chi connectivity index (χ4n) is 10.1. The van der Waals surface area contributed by atoms with Crippen LogP contribution in [0.3, 0.4) is 0 Å². The van der Waals surface area contributed by atoms with Crippen molar-refractivity contribution in [3.63, 3.8) is 0 Å². The fraction of sp³-hybridized carbons (Fsp3) is 0.630. The quantitative estimate of drug-likeness (QED) is 0.0973. The molecule has 3 amide bonds. The van der Waals surface area contributed by atoms with Gasteiger partial charge in [-0.25, -0.2) is 8.42 Å². The normalized spacial score (nSPS) is 16.5. The van der Waals surface area contributed by atoms with E-state index >= 15 is 0 Å². The monoisotopic (exact) mass is 1040 g/mol. The number of carbonyl (C=O) groups is 4. The number of nitrogens with zero attached hydrogens (tertiary/aromatic N) is 6. The molecule has 2 N–H and O–H groups in total. The zero-order valence-corrected chi connectivity index (χ0v) is 46.2. The molecule has 0 bridgehead atoms. The van der Waals surface area contributed by atoms with Crippen molar-refractivity contribution >= 4 is 67.5 Å². The third kappa shape index (κ3) is 14.9. The maximum absolute atomic E-state index is 13.2. The minimum absolute atomic E-state index is 0.0185. The second-order valence-corrected chi connectivity index (χ2v) is 22.2. The van der Waals surface area contributed by atoms with E-state index in [1.807, 2.05) is 59.0 Å². The van der Waals surface area contributed by atoms with Crippen LogP contribution in [0.25, 0.3) is 21.8 Å². The van der Waals surface area contributed by atoms with Crippen molar-refractivity contribution < 1.29 is 42.2 Å². The van der Waals surface area contributed by atoms with Gasteiger partial charge >= 0.3 is 5.97 Å². The Balaban J connectivity index is 0.000000254. The van der Waals surface area contributed by atoms with Crippen molar-refractivity contribution in [2.45, 2.75) is 131 Å². The van der Waals surface area contributed by atoms with E-state index in [9.17, 15) is 27.6 Å². The summed E-state index contributed by atoms with van der Waals surface area (Å²) in [5.74, 6) is -0.0209. The van der Waals surface area contributed by atoms with Crippen LogP contribution in [0.2, 0.25) is 0 Å². The number of nitrogens with one attached hydrogen (secondary N) is 1. The SMILES string of the molecule is CCC.CCN(Cc1c(C)n(S(=O)CC)c2ccc(C(=O)N(C)CCCC(=O)O)cc12)C1CCOCC1.CCS(=O)n1c2c(c3cc(C(=O)N(C)CCCC(=O)NC)ccc31)CCN(C1CCOCC1)CC2. The van der Waals surface area contributed by atoms with E-state index in [4.69, 9.17) is 14.6 Å². The van der Waals surface area contributed by atoms with Crippen molar-refractivity contribution in [2.75, 3.05) is 91.8 Å². The Bertz CT molecular complexity index is 2490. The van der Waals surface area contributed by atoms with Crippen LogP contribution >= 0.6 is 0 Å². The van der Waals surface area contributed by atoms with Crippen LogP contribution in [0, 0.1) is 6.92 Å². The Hall–Kier alpha value is -4.46. The second-order valence-electron chi connectivity index (χ2n) is 19.0. The molecule has 18 heteroatoms. The number of hydrogen-bond acceptors (Lipinski definition) is 10. The lowest BCUT2D eigenvalue weighted by atomic mass is 10.0. The lowest BCUT2D eigenvalue weighted by Crippen LogP contribution is -2.41. The summed E-state index contributed by atoms with van der Waals surface area (Å²) in [6.45, 7) is 19.9. The number of fused-ring (bicyclic) bond motifs is 4. The van der Waals surface area contributed by atoms with Crippen molar-refractivity contribution in [1.82, 2.24) is 32.9 Å². The number of carbonyl (C=O) groups excluding carboxylic acids is 3. The number of hydrogen-bond donors (Lipinski definition) is 2. The van der Waals surface area contributed by atoms with Gasteiger partial charge in [-0.1, -0.05) is 41.0 Å². The lowest BCUT2D eigenvalue weighted by Gasteiger charge is -2.33. The molecule has 5 heterocycles. The first kappa shape index (κ1) is 58.4. The van der Waals surface area contributed by atoms with E-state index in [0.29, 0.717) is 67.1 Å². The molecule has 0 saturated carbocycles. The smallest absolute Gasteiger partial charge is 0.303 e. The Morgan fingerprint density at radius 1 is 0.736 bits per heavy atom. The first-order valence-electron chi connectivity index (χ1n) is 26.3. The van der Waals surface area contributed by atoms with Crippen molar-refractivity contribution in [2.24, 2.45) is 0 Å². The Labute approximate surface area is 433 Å². The largest absolute Gasteiger partial charge is 0.481 e. The topological polar surface area (TPSA) is 176 Å². The summed E-state index contributed by atoms with van der Waals surface area (Å²) in [5, 5.41) is 13.5. The zero-order chi connectivity index (χ0) is 52.5. The maximum atomic E-state index is 13.2. The number of carboxylic acids is 1. The molecule has 4 aromatic rings. The molecule has 16 nitrogen and oxygen atoms in total. The Morgan fingerprint density at radius 2 is 1.25 bits per heavy atom. The van der Waals surface area contributed by atoms with E-state index < -0.39 is 27.9 Å². The number of aromatic nitrogens is 2. The maximum Gasteiger partial charge on any atom is 0.303 e. The third-order valence-electron chi connectivity index (χ3n) is 14.0. The highest BCUT2D eigenvalue weighted by molar-refractivity contribution is 7.83. The molecular weight excluding hydrogens is 955 g/mol. The van der Waals surface area contributed by atoms with Crippen LogP contribution in [0.1, 0.15) is 136 Å². The fourth-order valence-corrected chi connectivity index (χ4v) is 12.2. The minimum Gasteiger partial charge on any atom is -0.481 e. The Morgan fingerprint density at radius 3 is 1.79 bits per heavy atom. The summed E-state index contributed by atoms with van der Waals surface area (Å²) in [6.07, 6.45) is 8.58. The first-order valence-corrected chi connectivity index (χ1v) is 28.8. The molecule has 72 heavy (non-hydrogen) atoms. The standard InChI is InChI=1S/C26H38N4O4S.C25H37N3O5S.C3H8/c1-4-35(33)30-23-8-7-19(26(32)28(3)13-5-6-25(31)27-2)18-22(23)21-9-14-29(15-10-24(21)30)20-11-16-34-17-12-20;1-5-27(20-11-14-33-15-12-20)17-22-18(3)28(34(32)6-2)23-10-9-19(16-21(22)23)25(31)26(4)13-7-8-24(29)30;1-3-2/h7-8,18,20H,4-6,9-17H2,1-3H3,(H,27,31);9-10,16,20H,5-8,11-15,17H2,1-4H3,(H,29,30);3H2,1-2H3. The molecule has 2 fully saturated rings. The van der Waals surface area contributed by atoms with E-state index in [-0.39, 0.29) is 24.1 Å². The number of amides is 3. The summed E-state index contributed by atoms with van der Waals surface area (Å²) in [5.41, 5.74) is 7.47. The summed E-state index contributed by atoms with van der Waals surface area (Å²) in [4.78, 5) is 56.8. The zero-order valence-electron chi connectivity index (χ0n) is 44.6. The molecule has 2 aromatic heterocycles. The van der Waals surface area contributed by atoms with Gasteiger partial charge in [-0.3, -0.25) is 36.9 Å². The van der Waals surface area contributed by atoms with Gasteiger partial charge in [0.05, 0.1) is 11.0 Å². The van der Waals surface area contributed by atoms with Crippen molar-refractivity contribution in [3.05, 3.63) is 70.0 Å². The summed E-state index contributed by atoms with van der Waals surface area (Å²) >= 11 is 0. The van der Waals surface area contributed by atoms with Crippen LogP contribution in [-0.2, 0) is 60.4 Å². The van der Waals surface area contributed by atoms with Gasteiger partial charge in [0.2, 0.25) is 5.91 Å². The average molecular weight is 1040 g/mol. The van der Waals surface area contributed by atoms with Crippen LogP contribution in [0.4, 0.5) is 0 Å².